The van der Waals surface area contributed by atoms with Crippen molar-refractivity contribution in [1.82, 2.24) is 20.9 Å². The van der Waals surface area contributed by atoms with Gasteiger partial charge in [0.15, 0.2) is 11.5 Å². The van der Waals surface area contributed by atoms with E-state index in [-0.39, 0.29) is 42.7 Å². The van der Waals surface area contributed by atoms with E-state index in [9.17, 15) is 19.2 Å². The number of methoxy groups -OCH3 is 1. The van der Waals surface area contributed by atoms with Crippen LogP contribution < -0.4 is 30.2 Å². The van der Waals surface area contributed by atoms with Crippen LogP contribution in [0.3, 0.4) is 0 Å². The fourth-order valence-electron chi connectivity index (χ4n) is 5.77. The van der Waals surface area contributed by atoms with E-state index in [1.54, 1.807) is 38.4 Å². The van der Waals surface area contributed by atoms with Crippen molar-refractivity contribution < 1.29 is 33.4 Å². The largest absolute Gasteiger partial charge is 0.493 e. The van der Waals surface area contributed by atoms with Crippen LogP contribution in [-0.4, -0.2) is 80.6 Å². The van der Waals surface area contributed by atoms with Crippen molar-refractivity contribution in [2.45, 2.75) is 71.0 Å². The maximum atomic E-state index is 13.8. The van der Waals surface area contributed by atoms with Gasteiger partial charge in [0.2, 0.25) is 17.7 Å². The van der Waals surface area contributed by atoms with E-state index in [4.69, 9.17) is 14.2 Å². The Hall–Kier alpha value is -5.06. The number of amides is 4. The minimum absolute atomic E-state index is 0.00134. The van der Waals surface area contributed by atoms with Crippen molar-refractivity contribution in [2.24, 2.45) is 5.92 Å². The average molecular weight is 687 g/mol. The van der Waals surface area contributed by atoms with E-state index < -0.39 is 29.9 Å². The molecule has 11 heteroatoms. The van der Waals surface area contributed by atoms with Gasteiger partial charge in [-0.15, -0.1) is 0 Å². The first-order chi connectivity index (χ1) is 24.1. The molecule has 11 nitrogen and oxygen atoms in total. The predicted octanol–water partition coefficient (Wildman–Crippen LogP) is 4.32. The van der Waals surface area contributed by atoms with Crippen LogP contribution in [0.15, 0.2) is 72.8 Å². The molecule has 0 unspecified atom stereocenters. The lowest BCUT2D eigenvalue weighted by Crippen LogP contribution is -2.53. The van der Waals surface area contributed by atoms with E-state index in [0.29, 0.717) is 49.7 Å². The fraction of sp³-hybridized carbons (Fsp3) is 0.436. The molecule has 0 bridgehead atoms. The summed E-state index contributed by atoms with van der Waals surface area (Å²) in [6, 6.07) is 19.9. The lowest BCUT2D eigenvalue weighted by molar-refractivity contribution is -0.139. The van der Waals surface area contributed by atoms with E-state index in [0.717, 1.165) is 11.1 Å². The molecule has 0 radical (unpaired) electrons. The summed E-state index contributed by atoms with van der Waals surface area (Å²) in [6.45, 7) is 6.84. The van der Waals surface area contributed by atoms with Crippen LogP contribution in [0.1, 0.15) is 61.5 Å². The molecule has 0 aliphatic carbocycles. The minimum atomic E-state index is -1.01. The highest BCUT2D eigenvalue weighted by Crippen LogP contribution is 2.28. The second-order valence-corrected chi connectivity index (χ2v) is 12.8. The standard InChI is InChI=1S/C39H50N4O7/c1-6-49-34-20-18-28(24-35(34)48-5)15-12-22-40-38(46)30-19-21-36(44)43(4)32(23-27-13-8-7-9-14-27)39(47)42-31(26(2)3)25-50-33-17-11-10-16-29(33)37(45)41-30/h7-11,13-14,16-18,20,24,26,30-32H,6,12,15,19,21-23,25H2,1-5H3,(H,40,46)(H,41,45)(H,42,47)/t30-,31-,32-/m0/s1. The molecule has 3 atom stereocenters. The molecule has 0 saturated carbocycles. The van der Waals surface area contributed by atoms with Crippen LogP contribution in [0.4, 0.5) is 0 Å². The normalized spacial score (nSPS) is 18.9. The SMILES string of the molecule is CCOc1ccc(CCCNC(=O)[C@@H]2CCC(=O)N(C)[C@@H](Cc3ccccc3)C(=O)N[C@H](C(C)C)COc3ccccc3C(=O)N2)cc1OC. The van der Waals surface area contributed by atoms with Crippen LogP contribution in [0.25, 0.3) is 0 Å². The maximum Gasteiger partial charge on any atom is 0.255 e. The monoisotopic (exact) mass is 686 g/mol. The van der Waals surface area contributed by atoms with Gasteiger partial charge in [0, 0.05) is 26.4 Å². The molecule has 3 aromatic carbocycles. The first kappa shape index (κ1) is 37.8. The zero-order valence-electron chi connectivity index (χ0n) is 29.7. The number of likely N-dealkylation sites (N-methyl/N-ethyl adjacent to an activating group) is 1. The van der Waals surface area contributed by atoms with E-state index >= 15 is 0 Å². The van der Waals surface area contributed by atoms with Gasteiger partial charge in [0.1, 0.15) is 24.4 Å². The number of fused-ring (bicyclic) bond motifs is 1. The summed E-state index contributed by atoms with van der Waals surface area (Å²) >= 11 is 0. The van der Waals surface area contributed by atoms with E-state index in [2.05, 4.69) is 16.0 Å². The molecular formula is C39H50N4O7. The van der Waals surface area contributed by atoms with Crippen molar-refractivity contribution in [3.63, 3.8) is 0 Å². The number of ether oxygens (including phenoxy) is 3. The summed E-state index contributed by atoms with van der Waals surface area (Å²) in [5.41, 5.74) is 2.19. The second-order valence-electron chi connectivity index (χ2n) is 12.8. The molecule has 1 heterocycles. The highest BCUT2D eigenvalue weighted by atomic mass is 16.5. The molecular weight excluding hydrogens is 636 g/mol. The molecule has 268 valence electrons. The number of carbonyl (C=O) groups excluding carboxylic acids is 4. The van der Waals surface area contributed by atoms with Gasteiger partial charge < -0.3 is 35.1 Å². The summed E-state index contributed by atoms with van der Waals surface area (Å²) in [7, 11) is 3.20. The highest BCUT2D eigenvalue weighted by molar-refractivity contribution is 5.99. The number of nitrogens with one attached hydrogen (secondary N) is 3. The molecule has 0 spiro atoms. The Kier molecular flexibility index (Phi) is 14.1. The summed E-state index contributed by atoms with van der Waals surface area (Å²) in [5, 5.41) is 8.88. The Bertz CT molecular complexity index is 1600. The fourth-order valence-corrected chi connectivity index (χ4v) is 5.77. The summed E-state index contributed by atoms with van der Waals surface area (Å²) in [6.07, 6.45) is 1.59. The van der Waals surface area contributed by atoms with Gasteiger partial charge in [-0.25, -0.2) is 0 Å². The summed E-state index contributed by atoms with van der Waals surface area (Å²) in [5.74, 6) is 0.135. The van der Waals surface area contributed by atoms with Crippen molar-refractivity contribution in [3.05, 3.63) is 89.5 Å². The van der Waals surface area contributed by atoms with Crippen molar-refractivity contribution in [3.8, 4) is 17.2 Å². The van der Waals surface area contributed by atoms with Gasteiger partial charge >= 0.3 is 0 Å². The molecule has 0 saturated heterocycles. The third-order valence-corrected chi connectivity index (χ3v) is 8.86. The Morgan fingerprint density at radius 1 is 0.980 bits per heavy atom. The highest BCUT2D eigenvalue weighted by Gasteiger charge is 2.32. The van der Waals surface area contributed by atoms with Crippen LogP contribution in [0, 0.1) is 5.92 Å². The third-order valence-electron chi connectivity index (χ3n) is 8.86. The van der Waals surface area contributed by atoms with Crippen LogP contribution in [0.5, 0.6) is 17.2 Å². The summed E-state index contributed by atoms with van der Waals surface area (Å²) < 4.78 is 17.2. The van der Waals surface area contributed by atoms with Crippen molar-refractivity contribution in [1.29, 1.82) is 0 Å². The van der Waals surface area contributed by atoms with Crippen LogP contribution in [0.2, 0.25) is 0 Å². The smallest absolute Gasteiger partial charge is 0.255 e. The first-order valence-electron chi connectivity index (χ1n) is 17.3. The topological polar surface area (TPSA) is 135 Å². The van der Waals surface area contributed by atoms with E-state index in [1.807, 2.05) is 69.3 Å². The van der Waals surface area contributed by atoms with Gasteiger partial charge in [-0.1, -0.05) is 62.4 Å². The van der Waals surface area contributed by atoms with Gasteiger partial charge in [-0.2, -0.15) is 0 Å². The van der Waals surface area contributed by atoms with Crippen molar-refractivity contribution >= 4 is 23.6 Å². The van der Waals surface area contributed by atoms with Crippen LogP contribution >= 0.6 is 0 Å². The Morgan fingerprint density at radius 2 is 1.72 bits per heavy atom. The number of carbonyl (C=O) groups is 4. The van der Waals surface area contributed by atoms with Crippen LogP contribution in [-0.2, 0) is 27.2 Å². The molecule has 3 N–H and O–H groups in total. The minimum Gasteiger partial charge on any atom is -0.493 e. The van der Waals surface area contributed by atoms with Gasteiger partial charge in [0.05, 0.1) is 25.3 Å². The number of rotatable bonds is 11. The zero-order chi connectivity index (χ0) is 36.0. The molecule has 0 aromatic heterocycles. The Labute approximate surface area is 295 Å². The third kappa shape index (κ3) is 10.5. The quantitative estimate of drug-likeness (QED) is 0.256. The molecule has 0 fully saturated rings. The number of aryl methyl sites for hydroxylation is 1. The molecule has 4 amide bonds. The molecule has 4 rings (SSSR count). The number of hydrogen-bond donors (Lipinski definition) is 3. The first-order valence-corrected chi connectivity index (χ1v) is 17.3. The zero-order valence-corrected chi connectivity index (χ0v) is 29.7. The predicted molar refractivity (Wildman–Crippen MR) is 191 cm³/mol. The number of hydrogen-bond acceptors (Lipinski definition) is 7. The van der Waals surface area contributed by atoms with Gasteiger partial charge in [-0.05, 0) is 67.5 Å². The maximum absolute atomic E-state index is 13.8. The average Bonchev–Trinajstić information content (AvgIpc) is 3.12. The van der Waals surface area contributed by atoms with E-state index in [1.165, 1.54) is 4.90 Å². The van der Waals surface area contributed by atoms with Gasteiger partial charge in [-0.3, -0.25) is 19.2 Å². The lowest BCUT2D eigenvalue weighted by Gasteiger charge is -2.31. The molecule has 1 aliphatic heterocycles. The lowest BCUT2D eigenvalue weighted by atomic mass is 10.0. The number of benzene rings is 3. The number of para-hydroxylation sites is 1. The number of nitrogens with zero attached hydrogens (tertiary/aromatic N) is 1. The molecule has 1 aliphatic rings. The van der Waals surface area contributed by atoms with Gasteiger partial charge in [0.25, 0.3) is 5.91 Å². The second kappa shape index (κ2) is 18.6. The van der Waals surface area contributed by atoms with Crippen molar-refractivity contribution in [2.75, 3.05) is 33.9 Å². The Morgan fingerprint density at radius 3 is 2.44 bits per heavy atom. The molecule has 50 heavy (non-hydrogen) atoms. The summed E-state index contributed by atoms with van der Waals surface area (Å²) in [4.78, 5) is 56.1. The molecule has 3 aromatic rings. The Balaban J connectivity index is 1.53.